The average Bonchev–Trinajstić information content (AvgIpc) is 2.80. The van der Waals surface area contributed by atoms with E-state index in [0.29, 0.717) is 28.3 Å². The summed E-state index contributed by atoms with van der Waals surface area (Å²) in [4.78, 5) is 12.6. The predicted molar refractivity (Wildman–Crippen MR) is 126 cm³/mol. The number of hydrogen-bond acceptors (Lipinski definition) is 6. The van der Waals surface area contributed by atoms with Crippen LogP contribution in [0.1, 0.15) is 41.3 Å². The molecule has 0 bridgehead atoms. The summed E-state index contributed by atoms with van der Waals surface area (Å²) < 4.78 is 37.2. The fourth-order valence-corrected chi connectivity index (χ4v) is 5.09. The maximum atomic E-state index is 13.5. The maximum absolute atomic E-state index is 13.5. The number of methoxy groups -OCH3 is 2. The quantitative estimate of drug-likeness (QED) is 0.476. The number of benzene rings is 3. The summed E-state index contributed by atoms with van der Waals surface area (Å²) in [6.07, 6.45) is 0. The minimum atomic E-state index is -4.09. The molecule has 0 fully saturated rings. The third-order valence-corrected chi connectivity index (χ3v) is 7.32. The Morgan fingerprint density at radius 2 is 1.45 bits per heavy atom. The van der Waals surface area contributed by atoms with E-state index in [1.54, 1.807) is 37.3 Å². The van der Waals surface area contributed by atoms with Crippen molar-refractivity contribution < 1.29 is 27.8 Å². The second kappa shape index (κ2) is 9.54. The lowest BCUT2D eigenvalue weighted by Crippen LogP contribution is -2.15. The van der Waals surface area contributed by atoms with Gasteiger partial charge in [0.05, 0.1) is 19.1 Å². The van der Waals surface area contributed by atoms with Crippen molar-refractivity contribution in [2.75, 3.05) is 19.5 Å². The number of nitrogens with one attached hydrogen (secondary N) is 1. The molecular weight excluding hydrogens is 442 g/mol. The predicted octanol–water partition coefficient (Wildman–Crippen LogP) is 4.93. The molecule has 0 saturated carbocycles. The van der Waals surface area contributed by atoms with E-state index in [-0.39, 0.29) is 27.0 Å². The van der Waals surface area contributed by atoms with Gasteiger partial charge in [-0.05, 0) is 78.6 Å². The number of hydrogen-bond donors (Lipinski definition) is 2. The number of ether oxygens (including phenoxy) is 2. The minimum absolute atomic E-state index is 0.00929. The number of anilines is 1. The average molecular weight is 470 g/mol. The van der Waals surface area contributed by atoms with Gasteiger partial charge in [0.15, 0.2) is 0 Å². The largest absolute Gasteiger partial charge is 0.506 e. The Bertz CT molecular complexity index is 1260. The van der Waals surface area contributed by atoms with Crippen LogP contribution in [0.15, 0.2) is 64.4 Å². The van der Waals surface area contributed by atoms with E-state index < -0.39 is 15.7 Å². The third-order valence-electron chi connectivity index (χ3n) is 5.39. The highest BCUT2D eigenvalue weighted by Crippen LogP contribution is 2.41. The zero-order valence-electron chi connectivity index (χ0n) is 19.2. The van der Waals surface area contributed by atoms with Gasteiger partial charge >= 0.3 is 0 Å². The Morgan fingerprint density at radius 1 is 0.939 bits per heavy atom. The van der Waals surface area contributed by atoms with Crippen LogP contribution < -0.4 is 14.8 Å². The summed E-state index contributed by atoms with van der Waals surface area (Å²) in [6, 6.07) is 14.1. The SMILES string of the molecule is COc1ccc(C(=O)Nc2cc(C(C)C)c(O)c(S(=O)(=O)c3ccc(OC)cc3)c2C)cc1. The van der Waals surface area contributed by atoms with Gasteiger partial charge in [-0.2, -0.15) is 0 Å². The first-order valence-electron chi connectivity index (χ1n) is 10.3. The molecule has 174 valence electrons. The lowest BCUT2D eigenvalue weighted by atomic mass is 9.99. The Hall–Kier alpha value is -3.52. The normalized spacial score (nSPS) is 11.3. The molecule has 0 saturated heterocycles. The molecular formula is C25H27NO6S. The molecule has 33 heavy (non-hydrogen) atoms. The molecule has 0 unspecified atom stereocenters. The number of rotatable bonds is 7. The molecule has 3 aromatic carbocycles. The number of carbonyl (C=O) groups excluding carboxylic acids is 1. The summed E-state index contributed by atoms with van der Waals surface area (Å²) in [7, 11) is -1.06. The van der Waals surface area contributed by atoms with Gasteiger partial charge in [-0.1, -0.05) is 13.8 Å². The number of amides is 1. The van der Waals surface area contributed by atoms with Crippen molar-refractivity contribution in [3.8, 4) is 17.2 Å². The van der Waals surface area contributed by atoms with Gasteiger partial charge in [0.1, 0.15) is 22.1 Å². The van der Waals surface area contributed by atoms with Crippen LogP contribution in [0.3, 0.4) is 0 Å². The van der Waals surface area contributed by atoms with E-state index in [1.165, 1.54) is 38.5 Å². The molecule has 0 radical (unpaired) electrons. The lowest BCUT2D eigenvalue weighted by molar-refractivity contribution is 0.102. The smallest absolute Gasteiger partial charge is 0.255 e. The molecule has 0 aliphatic carbocycles. The molecule has 0 atom stereocenters. The molecule has 3 rings (SSSR count). The van der Waals surface area contributed by atoms with Gasteiger partial charge in [-0.15, -0.1) is 0 Å². The van der Waals surface area contributed by atoms with Crippen molar-refractivity contribution in [1.29, 1.82) is 0 Å². The van der Waals surface area contributed by atoms with Crippen LogP contribution in [0.5, 0.6) is 17.2 Å². The van der Waals surface area contributed by atoms with E-state index in [0.717, 1.165) is 0 Å². The van der Waals surface area contributed by atoms with Gasteiger partial charge in [0, 0.05) is 11.3 Å². The third kappa shape index (κ3) is 4.80. The number of carbonyl (C=O) groups is 1. The number of aromatic hydroxyl groups is 1. The number of sulfone groups is 1. The second-order valence-electron chi connectivity index (χ2n) is 7.83. The number of phenolic OH excluding ortho intramolecular Hbond substituents is 1. The first kappa shape index (κ1) is 24.1. The standard InChI is InChI=1S/C25H27NO6S/c1-15(2)21-14-22(26-25(28)17-6-8-18(31-4)9-7-17)16(3)24(23(21)27)33(29,30)20-12-10-19(32-5)11-13-20/h6-15,27H,1-5H3,(H,26,28). The van der Waals surface area contributed by atoms with E-state index in [9.17, 15) is 18.3 Å². The summed E-state index contributed by atoms with van der Waals surface area (Å²) in [5.41, 5.74) is 1.35. The summed E-state index contributed by atoms with van der Waals surface area (Å²) >= 11 is 0. The number of phenols is 1. The van der Waals surface area contributed by atoms with E-state index in [1.807, 2.05) is 13.8 Å². The molecule has 0 spiro atoms. The van der Waals surface area contributed by atoms with Gasteiger partial charge in [0.25, 0.3) is 5.91 Å². The molecule has 1 amide bonds. The zero-order valence-corrected chi connectivity index (χ0v) is 20.0. The van der Waals surface area contributed by atoms with Crippen LogP contribution >= 0.6 is 0 Å². The fraction of sp³-hybridized carbons (Fsp3) is 0.240. The topological polar surface area (TPSA) is 102 Å². The van der Waals surface area contributed by atoms with Crippen molar-refractivity contribution in [1.82, 2.24) is 0 Å². The zero-order chi connectivity index (χ0) is 24.3. The molecule has 3 aromatic rings. The highest BCUT2D eigenvalue weighted by atomic mass is 32.2. The monoisotopic (exact) mass is 469 g/mol. The molecule has 7 nitrogen and oxygen atoms in total. The molecule has 2 N–H and O–H groups in total. The summed E-state index contributed by atoms with van der Waals surface area (Å²) in [6.45, 7) is 5.23. The van der Waals surface area contributed by atoms with Gasteiger partial charge < -0.3 is 19.9 Å². The van der Waals surface area contributed by atoms with Crippen LogP contribution in [0.25, 0.3) is 0 Å². The maximum Gasteiger partial charge on any atom is 0.255 e. The first-order chi connectivity index (χ1) is 15.6. The van der Waals surface area contributed by atoms with Crippen molar-refractivity contribution in [3.05, 3.63) is 71.3 Å². The molecule has 0 aliphatic heterocycles. The molecule has 8 heteroatoms. The molecule has 0 heterocycles. The Morgan fingerprint density at radius 3 is 1.94 bits per heavy atom. The Kier molecular flexibility index (Phi) is 6.98. The van der Waals surface area contributed by atoms with Crippen LogP contribution in [0.2, 0.25) is 0 Å². The van der Waals surface area contributed by atoms with Gasteiger partial charge in [-0.25, -0.2) is 8.42 Å². The molecule has 0 aromatic heterocycles. The van der Waals surface area contributed by atoms with Crippen molar-refractivity contribution in [2.45, 2.75) is 36.5 Å². The van der Waals surface area contributed by atoms with Crippen LogP contribution in [-0.2, 0) is 9.84 Å². The Labute approximate surface area is 193 Å². The first-order valence-corrected chi connectivity index (χ1v) is 11.8. The van der Waals surface area contributed by atoms with Gasteiger partial charge in [-0.3, -0.25) is 4.79 Å². The lowest BCUT2D eigenvalue weighted by Gasteiger charge is -2.20. The van der Waals surface area contributed by atoms with Crippen LogP contribution in [0.4, 0.5) is 5.69 Å². The second-order valence-corrected chi connectivity index (χ2v) is 9.72. The highest BCUT2D eigenvalue weighted by Gasteiger charge is 2.29. The van der Waals surface area contributed by atoms with Crippen molar-refractivity contribution in [3.63, 3.8) is 0 Å². The minimum Gasteiger partial charge on any atom is -0.506 e. The van der Waals surface area contributed by atoms with Crippen molar-refractivity contribution in [2.24, 2.45) is 0 Å². The van der Waals surface area contributed by atoms with Crippen molar-refractivity contribution >= 4 is 21.4 Å². The van der Waals surface area contributed by atoms with E-state index in [2.05, 4.69) is 5.32 Å². The summed E-state index contributed by atoms with van der Waals surface area (Å²) in [5, 5.41) is 13.7. The van der Waals surface area contributed by atoms with E-state index in [4.69, 9.17) is 9.47 Å². The van der Waals surface area contributed by atoms with Crippen LogP contribution in [0, 0.1) is 6.92 Å². The molecule has 0 aliphatic rings. The van der Waals surface area contributed by atoms with E-state index >= 15 is 0 Å². The Balaban J connectivity index is 2.11. The van der Waals surface area contributed by atoms with Crippen LogP contribution in [-0.4, -0.2) is 33.7 Å². The summed E-state index contributed by atoms with van der Waals surface area (Å²) in [5.74, 6) is 0.211. The van der Waals surface area contributed by atoms with Gasteiger partial charge in [0.2, 0.25) is 9.84 Å². The fourth-order valence-electron chi connectivity index (χ4n) is 3.47. The highest BCUT2D eigenvalue weighted by molar-refractivity contribution is 7.91.